The molecule has 1 aromatic heterocycles. The van der Waals surface area contributed by atoms with Gasteiger partial charge in [0.25, 0.3) is 0 Å². The van der Waals surface area contributed by atoms with Crippen molar-refractivity contribution in [3.05, 3.63) is 17.3 Å². The summed E-state index contributed by atoms with van der Waals surface area (Å²) in [7, 11) is 3.76. The zero-order chi connectivity index (χ0) is 13.2. The Hall–Kier alpha value is -1.73. The number of carbonyl (C=O) groups is 1. The third-order valence-corrected chi connectivity index (χ3v) is 2.07. The highest BCUT2D eigenvalue weighted by molar-refractivity contribution is 6.31. The molecule has 1 heterocycles. The molecule has 8 heteroatoms. The van der Waals surface area contributed by atoms with Crippen LogP contribution in [-0.2, 0) is 10.9 Å². The average Bonchev–Trinajstić information content (AvgIpc) is 2.25. The smallest absolute Gasteiger partial charge is 0.435 e. The minimum atomic E-state index is -4.63. The topological polar surface area (TPSA) is 51.2 Å². The fraction of sp³-hybridized carbons (Fsp3) is 0.333. The maximum absolute atomic E-state index is 12.7. The second-order valence-electron chi connectivity index (χ2n) is 3.27. The number of pyridine rings is 1. The predicted octanol–water partition coefficient (Wildman–Crippen LogP) is 0.187. The zero-order valence-corrected chi connectivity index (χ0v) is 9.47. The molecule has 0 fully saturated rings. The molecule has 1 N–H and O–H groups in total. The monoisotopic (exact) mass is 246 g/mol. The van der Waals surface area contributed by atoms with Gasteiger partial charge in [0.2, 0.25) is 0 Å². The zero-order valence-electron chi connectivity index (χ0n) is 9.47. The Morgan fingerprint density at radius 2 is 2.12 bits per heavy atom. The van der Waals surface area contributed by atoms with Crippen LogP contribution in [-0.4, -0.2) is 33.0 Å². The normalized spacial score (nSPS) is 11.1. The number of esters is 1. The first-order chi connectivity index (χ1) is 7.81. The number of anilines is 1. The molecule has 0 radical (unpaired) electrons. The number of methoxy groups -OCH3 is 1. The number of aromatic nitrogens is 1. The highest BCUT2D eigenvalue weighted by Crippen LogP contribution is 2.34. The van der Waals surface area contributed by atoms with E-state index < -0.39 is 17.8 Å². The minimum Gasteiger partial charge on any atom is -0.465 e. The second-order valence-corrected chi connectivity index (χ2v) is 3.27. The van der Waals surface area contributed by atoms with Crippen LogP contribution in [0, 0.1) is 0 Å². The lowest BCUT2D eigenvalue weighted by molar-refractivity contribution is -0.140. The Kier molecular flexibility index (Phi) is 3.64. The summed E-state index contributed by atoms with van der Waals surface area (Å²) in [6.07, 6.45) is -4.63. The van der Waals surface area contributed by atoms with E-state index in [1.54, 1.807) is 0 Å². The molecule has 0 saturated heterocycles. The number of halogens is 3. The molecule has 0 aromatic carbocycles. The number of alkyl halides is 3. The van der Waals surface area contributed by atoms with E-state index >= 15 is 0 Å². The van der Waals surface area contributed by atoms with E-state index in [1.165, 1.54) is 21.0 Å². The predicted molar refractivity (Wildman–Crippen MR) is 58.3 cm³/mol. The Morgan fingerprint density at radius 1 is 1.53 bits per heavy atom. The van der Waals surface area contributed by atoms with Gasteiger partial charge < -0.3 is 10.1 Å². The summed E-state index contributed by atoms with van der Waals surface area (Å²) in [6, 6.07) is 1.24. The molecule has 4 nitrogen and oxygen atoms in total. The Morgan fingerprint density at radius 3 is 2.53 bits per heavy atom. The van der Waals surface area contributed by atoms with E-state index in [0.717, 1.165) is 7.11 Å². The average molecular weight is 246 g/mol. The molecule has 0 unspecified atom stereocenters. The van der Waals surface area contributed by atoms with Crippen LogP contribution in [0.5, 0.6) is 0 Å². The maximum Gasteiger partial charge on any atom is 0.435 e. The number of rotatable bonds is 2. The van der Waals surface area contributed by atoms with Gasteiger partial charge in [-0.1, -0.05) is 0 Å². The highest BCUT2D eigenvalue weighted by atomic mass is 19.4. The van der Waals surface area contributed by atoms with Gasteiger partial charge in [0.15, 0.2) is 13.5 Å². The molecule has 1 aromatic rings. The standard InChI is InChI=1S/C9H10BF3N2O2/c1-14-6-4(8(16)17-2)3-5(10)15-7(6)9(11,12)13/h3,14H,10H2,1-2H3. The quantitative estimate of drug-likeness (QED) is 0.597. The van der Waals surface area contributed by atoms with Gasteiger partial charge in [-0.05, 0) is 11.7 Å². The molecule has 0 aliphatic carbocycles. The van der Waals surface area contributed by atoms with Gasteiger partial charge in [-0.25, -0.2) is 4.79 Å². The fourth-order valence-corrected chi connectivity index (χ4v) is 1.40. The number of nitrogens with zero attached hydrogens (tertiary/aromatic N) is 1. The minimum absolute atomic E-state index is 0.0942. The Bertz CT molecular complexity index is 449. The number of nitrogens with one attached hydrogen (secondary N) is 1. The largest absolute Gasteiger partial charge is 0.465 e. The number of ether oxygens (including phenoxy) is 1. The van der Waals surface area contributed by atoms with Crippen LogP contribution in [0.2, 0.25) is 0 Å². The highest BCUT2D eigenvalue weighted by Gasteiger charge is 2.37. The van der Waals surface area contributed by atoms with Crippen molar-refractivity contribution in [1.82, 2.24) is 4.98 Å². The van der Waals surface area contributed by atoms with Gasteiger partial charge in [0.1, 0.15) is 0 Å². The maximum atomic E-state index is 12.7. The molecule has 1 rings (SSSR count). The number of carbonyl (C=O) groups excluding carboxylic acids is 1. The van der Waals surface area contributed by atoms with E-state index in [0.29, 0.717) is 0 Å². The van der Waals surface area contributed by atoms with Crippen molar-refractivity contribution in [1.29, 1.82) is 0 Å². The van der Waals surface area contributed by atoms with Crippen molar-refractivity contribution in [2.45, 2.75) is 6.18 Å². The Labute approximate surface area is 96.6 Å². The molecule has 0 atom stereocenters. The van der Waals surface area contributed by atoms with Gasteiger partial charge in [-0.3, -0.25) is 4.98 Å². The van der Waals surface area contributed by atoms with E-state index in [-0.39, 0.29) is 16.8 Å². The molecule has 0 spiro atoms. The summed E-state index contributed by atoms with van der Waals surface area (Å²) < 4.78 is 42.6. The van der Waals surface area contributed by atoms with Gasteiger partial charge in [0, 0.05) is 7.05 Å². The summed E-state index contributed by atoms with van der Waals surface area (Å²) in [5.41, 5.74) is -1.60. The number of hydrogen-bond donors (Lipinski definition) is 1. The van der Waals surface area contributed by atoms with Crippen LogP contribution >= 0.6 is 0 Å². The summed E-state index contributed by atoms with van der Waals surface area (Å²) in [4.78, 5) is 14.8. The van der Waals surface area contributed by atoms with E-state index in [4.69, 9.17) is 0 Å². The van der Waals surface area contributed by atoms with Crippen LogP contribution in [0.1, 0.15) is 16.1 Å². The molecule has 0 bridgehead atoms. The van der Waals surface area contributed by atoms with Gasteiger partial charge in [-0.15, -0.1) is 0 Å². The molecule has 0 aliphatic heterocycles. The molecular weight excluding hydrogens is 236 g/mol. The molecule has 17 heavy (non-hydrogen) atoms. The van der Waals surface area contributed by atoms with Crippen molar-refractivity contribution >= 4 is 25.1 Å². The first-order valence-corrected chi connectivity index (χ1v) is 4.66. The molecular formula is C9H10BF3N2O2. The molecule has 0 saturated carbocycles. The number of hydrogen-bond acceptors (Lipinski definition) is 4. The fourth-order valence-electron chi connectivity index (χ4n) is 1.40. The van der Waals surface area contributed by atoms with Crippen LogP contribution in [0.15, 0.2) is 6.07 Å². The third kappa shape index (κ3) is 2.69. The molecule has 0 amide bonds. The van der Waals surface area contributed by atoms with Gasteiger partial charge >= 0.3 is 12.1 Å². The van der Waals surface area contributed by atoms with E-state index in [1.807, 2.05) is 0 Å². The summed E-state index contributed by atoms with van der Waals surface area (Å²) in [5.74, 6) is -0.842. The van der Waals surface area contributed by atoms with Crippen LogP contribution in [0.25, 0.3) is 0 Å². The van der Waals surface area contributed by atoms with Crippen LogP contribution in [0.3, 0.4) is 0 Å². The lowest BCUT2D eigenvalue weighted by Crippen LogP contribution is -2.23. The summed E-state index contributed by atoms with van der Waals surface area (Å²) in [5, 5.41) is 2.33. The first-order valence-electron chi connectivity index (χ1n) is 4.66. The SMILES string of the molecule is Bc1cc(C(=O)OC)c(NC)c(C(F)(F)F)n1. The van der Waals surface area contributed by atoms with Crippen molar-refractivity contribution in [2.75, 3.05) is 19.5 Å². The van der Waals surface area contributed by atoms with E-state index in [2.05, 4.69) is 15.0 Å². The first kappa shape index (κ1) is 13.3. The van der Waals surface area contributed by atoms with E-state index in [9.17, 15) is 18.0 Å². The summed E-state index contributed by atoms with van der Waals surface area (Å²) >= 11 is 0. The van der Waals surface area contributed by atoms with Crippen molar-refractivity contribution in [2.24, 2.45) is 0 Å². The summed E-state index contributed by atoms with van der Waals surface area (Å²) in [6.45, 7) is 0. The van der Waals surface area contributed by atoms with Crippen molar-refractivity contribution in [3.63, 3.8) is 0 Å². The lowest BCUT2D eigenvalue weighted by atomic mass is 9.99. The van der Waals surface area contributed by atoms with Gasteiger partial charge in [0.05, 0.1) is 18.4 Å². The van der Waals surface area contributed by atoms with Crippen LogP contribution in [0.4, 0.5) is 18.9 Å². The van der Waals surface area contributed by atoms with Crippen molar-refractivity contribution in [3.8, 4) is 0 Å². The molecule has 92 valence electrons. The third-order valence-electron chi connectivity index (χ3n) is 2.07. The Balaban J connectivity index is 3.52. The van der Waals surface area contributed by atoms with Gasteiger partial charge in [-0.2, -0.15) is 13.2 Å². The van der Waals surface area contributed by atoms with Crippen LogP contribution < -0.4 is 10.9 Å². The molecule has 0 aliphatic rings. The second kappa shape index (κ2) is 4.64. The van der Waals surface area contributed by atoms with Crippen molar-refractivity contribution < 1.29 is 22.7 Å². The lowest BCUT2D eigenvalue weighted by Gasteiger charge is -2.15.